The highest BCUT2D eigenvalue weighted by Crippen LogP contribution is 2.20. The van der Waals surface area contributed by atoms with Crippen molar-refractivity contribution in [1.29, 1.82) is 0 Å². The molecule has 0 fully saturated rings. The number of carbonyl (C=O) groups is 1. The van der Waals surface area contributed by atoms with Gasteiger partial charge in [-0.05, 0) is 38.1 Å². The largest absolute Gasteiger partial charge is 0.309 e. The SMILES string of the molecule is CCN(C(=O)c1cc2cnccc2nc1C)c1ccccc1. The van der Waals surface area contributed by atoms with Crippen LogP contribution in [0.1, 0.15) is 23.0 Å². The predicted molar refractivity (Wildman–Crippen MR) is 88.1 cm³/mol. The molecular weight excluding hydrogens is 274 g/mol. The Labute approximate surface area is 129 Å². The van der Waals surface area contributed by atoms with Gasteiger partial charge in [-0.15, -0.1) is 0 Å². The van der Waals surface area contributed by atoms with Crippen LogP contribution in [0.25, 0.3) is 10.9 Å². The predicted octanol–water partition coefficient (Wildman–Crippen LogP) is 3.60. The van der Waals surface area contributed by atoms with Gasteiger partial charge in [-0.1, -0.05) is 18.2 Å². The molecule has 22 heavy (non-hydrogen) atoms. The molecule has 0 N–H and O–H groups in total. The molecule has 0 aliphatic rings. The Balaban J connectivity index is 2.05. The number of anilines is 1. The zero-order valence-corrected chi connectivity index (χ0v) is 12.7. The maximum Gasteiger partial charge on any atom is 0.260 e. The summed E-state index contributed by atoms with van der Waals surface area (Å²) >= 11 is 0. The average Bonchev–Trinajstić information content (AvgIpc) is 2.55. The second kappa shape index (κ2) is 5.93. The summed E-state index contributed by atoms with van der Waals surface area (Å²) in [4.78, 5) is 23.3. The first-order chi connectivity index (χ1) is 10.7. The lowest BCUT2D eigenvalue weighted by Crippen LogP contribution is -2.31. The van der Waals surface area contributed by atoms with Crippen molar-refractivity contribution < 1.29 is 4.79 Å². The molecule has 0 aliphatic carbocycles. The van der Waals surface area contributed by atoms with Crippen molar-refractivity contribution in [2.24, 2.45) is 0 Å². The molecule has 3 rings (SSSR count). The van der Waals surface area contributed by atoms with Gasteiger partial charge >= 0.3 is 0 Å². The third-order valence-electron chi connectivity index (χ3n) is 3.67. The van der Waals surface area contributed by atoms with Crippen LogP contribution in [-0.2, 0) is 0 Å². The van der Waals surface area contributed by atoms with Gasteiger partial charge in [-0.25, -0.2) is 0 Å². The number of hydrogen-bond acceptors (Lipinski definition) is 3. The number of benzene rings is 1. The first kappa shape index (κ1) is 14.2. The van der Waals surface area contributed by atoms with Crippen LogP contribution in [0.2, 0.25) is 0 Å². The number of nitrogens with zero attached hydrogens (tertiary/aromatic N) is 3. The number of para-hydroxylation sites is 1. The first-order valence-electron chi connectivity index (χ1n) is 7.29. The Bertz CT molecular complexity index is 815. The van der Waals surface area contributed by atoms with Gasteiger partial charge in [0.2, 0.25) is 0 Å². The lowest BCUT2D eigenvalue weighted by molar-refractivity contribution is 0.0987. The zero-order chi connectivity index (χ0) is 15.5. The van der Waals surface area contributed by atoms with Gasteiger partial charge in [0, 0.05) is 30.0 Å². The smallest absolute Gasteiger partial charge is 0.260 e. The summed E-state index contributed by atoms with van der Waals surface area (Å²) in [6.07, 6.45) is 3.44. The van der Waals surface area contributed by atoms with E-state index in [9.17, 15) is 4.79 Å². The molecule has 4 heteroatoms. The van der Waals surface area contributed by atoms with Gasteiger partial charge in [-0.2, -0.15) is 0 Å². The van der Waals surface area contributed by atoms with Crippen LogP contribution in [0, 0.1) is 6.92 Å². The summed E-state index contributed by atoms with van der Waals surface area (Å²) in [5.41, 5.74) is 3.09. The molecule has 110 valence electrons. The minimum Gasteiger partial charge on any atom is -0.309 e. The molecule has 4 nitrogen and oxygen atoms in total. The molecular formula is C18H17N3O. The van der Waals surface area contributed by atoms with Crippen molar-refractivity contribution in [2.75, 3.05) is 11.4 Å². The molecule has 0 aliphatic heterocycles. The fourth-order valence-corrected chi connectivity index (χ4v) is 2.53. The van der Waals surface area contributed by atoms with Crippen molar-refractivity contribution in [2.45, 2.75) is 13.8 Å². The van der Waals surface area contributed by atoms with E-state index < -0.39 is 0 Å². The van der Waals surface area contributed by atoms with Crippen LogP contribution in [-0.4, -0.2) is 22.4 Å². The van der Waals surface area contributed by atoms with Crippen molar-refractivity contribution in [1.82, 2.24) is 9.97 Å². The van der Waals surface area contributed by atoms with Crippen LogP contribution >= 0.6 is 0 Å². The first-order valence-corrected chi connectivity index (χ1v) is 7.29. The third-order valence-corrected chi connectivity index (χ3v) is 3.67. The summed E-state index contributed by atoms with van der Waals surface area (Å²) < 4.78 is 0. The average molecular weight is 291 g/mol. The highest BCUT2D eigenvalue weighted by atomic mass is 16.2. The Hall–Kier alpha value is -2.75. The molecule has 0 saturated carbocycles. The monoisotopic (exact) mass is 291 g/mol. The zero-order valence-electron chi connectivity index (χ0n) is 12.7. The molecule has 0 radical (unpaired) electrons. The van der Waals surface area contributed by atoms with Crippen LogP contribution in [0.3, 0.4) is 0 Å². The number of fused-ring (bicyclic) bond motifs is 1. The maximum absolute atomic E-state index is 12.9. The summed E-state index contributed by atoms with van der Waals surface area (Å²) in [7, 11) is 0. The number of rotatable bonds is 3. The lowest BCUT2D eigenvalue weighted by atomic mass is 10.1. The molecule has 1 amide bonds. The van der Waals surface area contributed by atoms with Crippen LogP contribution in [0.5, 0.6) is 0 Å². The van der Waals surface area contributed by atoms with E-state index in [1.165, 1.54) is 0 Å². The van der Waals surface area contributed by atoms with E-state index in [0.717, 1.165) is 22.3 Å². The molecule has 0 bridgehead atoms. The van der Waals surface area contributed by atoms with Crippen molar-refractivity contribution in [3.05, 3.63) is 66.1 Å². The molecule has 2 aromatic heterocycles. The highest BCUT2D eigenvalue weighted by Gasteiger charge is 2.19. The van der Waals surface area contributed by atoms with Gasteiger partial charge in [-0.3, -0.25) is 14.8 Å². The summed E-state index contributed by atoms with van der Waals surface area (Å²) in [5, 5.41) is 0.876. The Morgan fingerprint density at radius 2 is 1.95 bits per heavy atom. The molecule has 0 unspecified atom stereocenters. The fraction of sp³-hybridized carbons (Fsp3) is 0.167. The standard InChI is InChI=1S/C18H17N3O/c1-3-21(15-7-5-4-6-8-15)18(22)16-11-14-12-19-10-9-17(14)20-13(16)2/h4-12H,3H2,1-2H3. The molecule has 2 heterocycles. The van der Waals surface area contributed by atoms with E-state index in [1.54, 1.807) is 17.3 Å². The minimum absolute atomic E-state index is 0.0375. The summed E-state index contributed by atoms with van der Waals surface area (Å²) in [6, 6.07) is 13.4. The van der Waals surface area contributed by atoms with E-state index in [1.807, 2.05) is 56.3 Å². The summed E-state index contributed by atoms with van der Waals surface area (Å²) in [6.45, 7) is 4.44. The number of pyridine rings is 2. The van der Waals surface area contributed by atoms with Gasteiger partial charge < -0.3 is 4.90 Å². The highest BCUT2D eigenvalue weighted by molar-refractivity contribution is 6.08. The Kier molecular flexibility index (Phi) is 3.83. The second-order valence-electron chi connectivity index (χ2n) is 5.07. The maximum atomic E-state index is 12.9. The van der Waals surface area contributed by atoms with E-state index in [2.05, 4.69) is 9.97 Å². The van der Waals surface area contributed by atoms with Gasteiger partial charge in [0.05, 0.1) is 16.8 Å². The van der Waals surface area contributed by atoms with E-state index in [0.29, 0.717) is 12.1 Å². The van der Waals surface area contributed by atoms with Crippen molar-refractivity contribution in [3.63, 3.8) is 0 Å². The van der Waals surface area contributed by atoms with Crippen LogP contribution in [0.15, 0.2) is 54.9 Å². The van der Waals surface area contributed by atoms with Crippen molar-refractivity contribution >= 4 is 22.5 Å². The molecule has 0 atom stereocenters. The molecule has 0 spiro atoms. The van der Waals surface area contributed by atoms with E-state index in [4.69, 9.17) is 0 Å². The second-order valence-corrected chi connectivity index (χ2v) is 5.07. The Morgan fingerprint density at radius 1 is 1.18 bits per heavy atom. The number of hydrogen-bond donors (Lipinski definition) is 0. The molecule has 3 aromatic rings. The molecule has 0 saturated heterocycles. The lowest BCUT2D eigenvalue weighted by Gasteiger charge is -2.22. The quantitative estimate of drug-likeness (QED) is 0.740. The normalized spacial score (nSPS) is 10.6. The number of amides is 1. The third kappa shape index (κ3) is 2.55. The minimum atomic E-state index is -0.0375. The Morgan fingerprint density at radius 3 is 2.68 bits per heavy atom. The van der Waals surface area contributed by atoms with Crippen molar-refractivity contribution in [3.8, 4) is 0 Å². The fourth-order valence-electron chi connectivity index (χ4n) is 2.53. The van der Waals surface area contributed by atoms with Gasteiger partial charge in [0.15, 0.2) is 0 Å². The molecule has 1 aromatic carbocycles. The summed E-state index contributed by atoms with van der Waals surface area (Å²) in [5.74, 6) is -0.0375. The van der Waals surface area contributed by atoms with E-state index >= 15 is 0 Å². The van der Waals surface area contributed by atoms with Crippen LogP contribution < -0.4 is 4.90 Å². The number of carbonyl (C=O) groups excluding carboxylic acids is 1. The number of aromatic nitrogens is 2. The van der Waals surface area contributed by atoms with Crippen LogP contribution in [0.4, 0.5) is 5.69 Å². The van der Waals surface area contributed by atoms with Gasteiger partial charge in [0.25, 0.3) is 5.91 Å². The topological polar surface area (TPSA) is 46.1 Å². The van der Waals surface area contributed by atoms with Gasteiger partial charge in [0.1, 0.15) is 0 Å². The van der Waals surface area contributed by atoms with E-state index in [-0.39, 0.29) is 5.91 Å². The number of aryl methyl sites for hydroxylation is 1.